The second-order valence-corrected chi connectivity index (χ2v) is 18.6. The summed E-state index contributed by atoms with van der Waals surface area (Å²) in [5, 5.41) is 5.59. The van der Waals surface area contributed by atoms with E-state index in [9.17, 15) is 18.0 Å². The van der Waals surface area contributed by atoms with Gasteiger partial charge in [0, 0.05) is 49.3 Å². The van der Waals surface area contributed by atoms with Gasteiger partial charge in [0.05, 0.1) is 27.4 Å². The van der Waals surface area contributed by atoms with Gasteiger partial charge in [-0.3, -0.25) is 9.59 Å². The highest BCUT2D eigenvalue weighted by Crippen LogP contribution is 2.42. The fourth-order valence-electron chi connectivity index (χ4n) is 7.48. The number of carbonyl (C=O) groups is 2. The molecule has 1 aliphatic rings. The molecular weight excluding hydrogens is 747 g/mol. The number of rotatable bonds is 6. The summed E-state index contributed by atoms with van der Waals surface area (Å²) < 4.78 is 71.3. The van der Waals surface area contributed by atoms with Crippen LogP contribution < -0.4 is 0 Å². The van der Waals surface area contributed by atoms with Crippen LogP contribution in [0.2, 0.25) is 0 Å². The van der Waals surface area contributed by atoms with Crippen molar-refractivity contribution in [3.8, 4) is 11.4 Å². The summed E-state index contributed by atoms with van der Waals surface area (Å²) in [4.78, 5) is 32.3. The van der Waals surface area contributed by atoms with Crippen molar-refractivity contribution in [3.05, 3.63) is 94.9 Å². The van der Waals surface area contributed by atoms with Crippen LogP contribution in [0.3, 0.4) is 0 Å². The molecule has 0 unspecified atom stereocenters. The van der Waals surface area contributed by atoms with E-state index >= 15 is 8.78 Å². The van der Waals surface area contributed by atoms with Gasteiger partial charge in [-0.05, 0) is 78.6 Å². The van der Waals surface area contributed by atoms with Crippen molar-refractivity contribution in [2.75, 3.05) is 18.1 Å². The van der Waals surface area contributed by atoms with Crippen molar-refractivity contribution in [1.82, 2.24) is 19.7 Å². The molecule has 6 rings (SSSR count). The number of hydrogen-bond acceptors (Lipinski definition) is 9. The third-order valence-electron chi connectivity index (χ3n) is 10.2. The maximum Gasteiger partial charge on any atom is 0.303 e. The topological polar surface area (TPSA) is 133 Å². The number of H-pyrrole nitrogens is 1. The zero-order chi connectivity index (χ0) is 39.7. The Hall–Kier alpha value is -4.56. The van der Waals surface area contributed by atoms with Crippen molar-refractivity contribution in [2.24, 2.45) is 12.5 Å². The molecule has 14 heteroatoms. The minimum Gasteiger partial charge on any atom is -0.462 e. The van der Waals surface area contributed by atoms with Gasteiger partial charge < -0.3 is 14.5 Å². The van der Waals surface area contributed by atoms with E-state index in [2.05, 4.69) is 4.98 Å². The van der Waals surface area contributed by atoms with Crippen molar-refractivity contribution in [1.29, 1.82) is 0 Å². The lowest BCUT2D eigenvalue weighted by molar-refractivity contribution is -0.156. The third kappa shape index (κ3) is 9.29. The number of carbonyl (C=O) groups excluding carboxylic acids is 2. The Labute approximate surface area is 324 Å². The molecule has 0 saturated heterocycles. The molecule has 292 valence electrons. The largest absolute Gasteiger partial charge is 0.462 e. The Bertz CT molecular complexity index is 2360. The number of fused-ring (bicyclic) bond motifs is 8. The van der Waals surface area contributed by atoms with E-state index in [-0.39, 0.29) is 41.4 Å². The Morgan fingerprint density at radius 2 is 1.80 bits per heavy atom. The Kier molecular flexibility index (Phi) is 11.6. The van der Waals surface area contributed by atoms with Crippen molar-refractivity contribution in [2.45, 2.75) is 88.0 Å². The molecule has 0 saturated carbocycles. The maximum atomic E-state index is 15.9. The lowest BCUT2D eigenvalue weighted by Gasteiger charge is -2.31. The molecule has 2 aromatic heterocycles. The predicted molar refractivity (Wildman–Crippen MR) is 208 cm³/mol. The average molecular weight is 793 g/mol. The fourth-order valence-corrected chi connectivity index (χ4v) is 10.5. The molecule has 0 spiro atoms. The molecule has 0 fully saturated rings. The van der Waals surface area contributed by atoms with Crippen LogP contribution >= 0.6 is 11.8 Å². The maximum absolute atomic E-state index is 15.9. The highest BCUT2D eigenvalue weighted by Gasteiger charge is 2.36. The van der Waals surface area contributed by atoms with Crippen LogP contribution in [0.4, 0.5) is 8.78 Å². The van der Waals surface area contributed by atoms with Crippen LogP contribution in [-0.4, -0.2) is 64.3 Å². The standard InChI is InChI=1S/C41H46F2N4O6S2/c1-25(48)52-23-29(53-26(2)49)20-27-9-7-10-28(19-27)41(5)16-8-15-40(3,4)24-55(50,51)18-14-32-31-13-17-44-36(31)22-35(43)37(32)54-30-11-12-34(42)33(21-30)38-45-39(41)46-47(38)6/h7,9-13,17,19,21-22,29,44H,8,14-16,18,20,23-24H2,1-6H3/t29-,41+/m0/s1. The van der Waals surface area contributed by atoms with Gasteiger partial charge in [-0.15, -0.1) is 0 Å². The number of sulfone groups is 1. The molecule has 55 heavy (non-hydrogen) atoms. The van der Waals surface area contributed by atoms with E-state index in [1.807, 2.05) is 51.1 Å². The normalized spacial score (nSPS) is 19.1. The quantitative estimate of drug-likeness (QED) is 0.170. The van der Waals surface area contributed by atoms with Gasteiger partial charge in [-0.25, -0.2) is 26.9 Å². The van der Waals surface area contributed by atoms with Crippen LogP contribution in [0.5, 0.6) is 0 Å². The van der Waals surface area contributed by atoms with Gasteiger partial charge in [-0.2, -0.15) is 5.10 Å². The van der Waals surface area contributed by atoms with Crippen molar-refractivity contribution >= 4 is 44.4 Å². The monoisotopic (exact) mass is 792 g/mol. The molecule has 2 atom stereocenters. The third-order valence-corrected chi connectivity index (χ3v) is 13.3. The predicted octanol–water partition coefficient (Wildman–Crippen LogP) is 7.90. The molecule has 0 amide bonds. The van der Waals surface area contributed by atoms with E-state index in [4.69, 9.17) is 19.6 Å². The fraction of sp³-hybridized carbons (Fsp3) is 0.415. The number of esters is 2. The number of hydrogen-bond donors (Lipinski definition) is 1. The zero-order valence-electron chi connectivity index (χ0n) is 31.9. The zero-order valence-corrected chi connectivity index (χ0v) is 33.5. The van der Waals surface area contributed by atoms with E-state index in [1.165, 1.54) is 26.0 Å². The number of benzene rings is 3. The first kappa shape index (κ1) is 40.1. The Morgan fingerprint density at radius 3 is 2.55 bits per heavy atom. The van der Waals surface area contributed by atoms with Crippen molar-refractivity contribution in [3.63, 3.8) is 0 Å². The summed E-state index contributed by atoms with van der Waals surface area (Å²) in [7, 11) is -1.88. The number of halogens is 2. The molecule has 5 aromatic rings. The van der Waals surface area contributed by atoms with Crippen LogP contribution in [0, 0.1) is 17.0 Å². The first-order valence-electron chi connectivity index (χ1n) is 18.2. The molecule has 3 aromatic carbocycles. The molecule has 0 radical (unpaired) electrons. The molecular formula is C41H46F2N4O6S2. The highest BCUT2D eigenvalue weighted by molar-refractivity contribution is 7.99. The number of nitrogens with zero attached hydrogens (tertiary/aromatic N) is 3. The number of ether oxygens (including phenoxy) is 2. The van der Waals surface area contributed by atoms with Crippen molar-refractivity contribution < 1.29 is 36.3 Å². The van der Waals surface area contributed by atoms with Gasteiger partial charge >= 0.3 is 11.9 Å². The number of nitrogens with one attached hydrogen (secondary N) is 1. The Balaban J connectivity index is 1.45. The second-order valence-electron chi connectivity index (χ2n) is 15.4. The molecule has 3 heterocycles. The molecule has 1 N–H and O–H groups in total. The number of aryl methyl sites for hydroxylation is 2. The SMILES string of the molecule is CC(=O)OC[C@H](Cc1cccc([C@@]2(C)CCCC(C)(C)CS(=O)(=O)CCc3c(c(F)cc4[nH]ccc34)Sc3ccc(F)c(c3)-c3nc2nn3C)c1)OC(C)=O. The molecule has 1 aliphatic heterocycles. The Morgan fingerprint density at radius 1 is 1.02 bits per heavy atom. The number of aromatic amines is 1. The summed E-state index contributed by atoms with van der Waals surface area (Å²) in [5.74, 6) is -1.48. The minimum absolute atomic E-state index is 0.0482. The van der Waals surface area contributed by atoms with Crippen LogP contribution in [0.15, 0.2) is 70.6 Å². The summed E-state index contributed by atoms with van der Waals surface area (Å²) in [6.07, 6.45) is 3.09. The van der Waals surface area contributed by atoms with E-state index in [0.29, 0.717) is 46.9 Å². The number of aromatic nitrogens is 4. The van der Waals surface area contributed by atoms with E-state index < -0.39 is 50.3 Å². The smallest absolute Gasteiger partial charge is 0.303 e. The van der Waals surface area contributed by atoms with Crippen LogP contribution in [0.25, 0.3) is 22.3 Å². The minimum atomic E-state index is -3.58. The summed E-state index contributed by atoms with van der Waals surface area (Å²) in [6.45, 7) is 8.39. The molecule has 0 aliphatic carbocycles. The summed E-state index contributed by atoms with van der Waals surface area (Å²) in [5.41, 5.74) is 1.59. The first-order chi connectivity index (χ1) is 25.9. The summed E-state index contributed by atoms with van der Waals surface area (Å²) in [6, 6.07) is 15.5. The first-order valence-corrected chi connectivity index (χ1v) is 20.8. The van der Waals surface area contributed by atoms with Crippen LogP contribution in [-0.2, 0) is 54.2 Å². The average Bonchev–Trinajstić information content (AvgIpc) is 3.73. The van der Waals surface area contributed by atoms with E-state index in [1.54, 1.807) is 30.1 Å². The van der Waals surface area contributed by atoms with Gasteiger partial charge in [0.15, 0.2) is 21.5 Å². The summed E-state index contributed by atoms with van der Waals surface area (Å²) >= 11 is 1.12. The van der Waals surface area contributed by atoms with Gasteiger partial charge in [0.2, 0.25) is 0 Å². The second kappa shape index (κ2) is 15.9. The lowest BCUT2D eigenvalue weighted by Crippen LogP contribution is -2.29. The molecule has 4 bridgehead atoms. The van der Waals surface area contributed by atoms with E-state index in [0.717, 1.165) is 28.3 Å². The lowest BCUT2D eigenvalue weighted by atomic mass is 9.75. The van der Waals surface area contributed by atoms with Crippen LogP contribution in [0.1, 0.15) is 76.4 Å². The van der Waals surface area contributed by atoms with Gasteiger partial charge in [0.25, 0.3) is 0 Å². The molecule has 10 nitrogen and oxygen atoms in total. The van der Waals surface area contributed by atoms with Gasteiger partial charge in [0.1, 0.15) is 24.3 Å². The highest BCUT2D eigenvalue weighted by atomic mass is 32.2. The van der Waals surface area contributed by atoms with Gasteiger partial charge in [-0.1, -0.05) is 56.3 Å².